The fraction of sp³-hybridized carbons (Fsp3) is 0.235. The number of hydrogen-bond acceptors (Lipinski definition) is 3. The number of amides is 1. The van der Waals surface area contributed by atoms with Crippen LogP contribution in [0.15, 0.2) is 107 Å². The lowest BCUT2D eigenvalue weighted by molar-refractivity contribution is -0.115. The molecule has 0 saturated heterocycles. The van der Waals surface area contributed by atoms with E-state index in [1.54, 1.807) is 11.8 Å². The molecule has 0 aliphatic heterocycles. The van der Waals surface area contributed by atoms with Crippen molar-refractivity contribution in [2.45, 2.75) is 45.1 Å². The van der Waals surface area contributed by atoms with Gasteiger partial charge in [0.2, 0.25) is 5.91 Å². The van der Waals surface area contributed by atoms with Crippen LogP contribution in [0.2, 0.25) is 0 Å². The largest absolute Gasteiger partial charge is 0.326 e. The zero-order chi connectivity index (χ0) is 27.8. The number of amidine groups is 1. The highest BCUT2D eigenvalue weighted by atomic mass is 32.2. The molecule has 0 aromatic heterocycles. The Labute approximate surface area is 237 Å². The van der Waals surface area contributed by atoms with Crippen LogP contribution in [-0.4, -0.2) is 24.5 Å². The average Bonchev–Trinajstić information content (AvgIpc) is 2.93. The van der Waals surface area contributed by atoms with E-state index in [0.29, 0.717) is 6.42 Å². The van der Waals surface area contributed by atoms with Crippen molar-refractivity contribution in [1.82, 2.24) is 0 Å². The van der Waals surface area contributed by atoms with Crippen LogP contribution in [0.1, 0.15) is 47.7 Å². The van der Waals surface area contributed by atoms with E-state index in [1.807, 2.05) is 43.4 Å². The summed E-state index contributed by atoms with van der Waals surface area (Å²) in [5.41, 5.74) is 7.50. The van der Waals surface area contributed by atoms with Crippen molar-refractivity contribution in [3.05, 3.63) is 125 Å². The van der Waals surface area contributed by atoms with Gasteiger partial charge in [-0.3, -0.25) is 9.79 Å². The average molecular weight is 536 g/mol. The molecule has 0 aliphatic rings. The number of aryl methyl sites for hydroxylation is 2. The van der Waals surface area contributed by atoms with Crippen molar-refractivity contribution < 1.29 is 4.79 Å². The predicted molar refractivity (Wildman–Crippen MR) is 167 cm³/mol. The monoisotopic (exact) mass is 535 g/mol. The van der Waals surface area contributed by atoms with Gasteiger partial charge in [-0.25, -0.2) is 0 Å². The van der Waals surface area contributed by atoms with Gasteiger partial charge in [-0.05, 0) is 91.7 Å². The molecular weight excluding hydrogens is 498 g/mol. The highest BCUT2D eigenvalue weighted by molar-refractivity contribution is 7.99. The Kier molecular flexibility index (Phi) is 9.61. The van der Waals surface area contributed by atoms with Gasteiger partial charge in [0, 0.05) is 28.9 Å². The molecule has 200 valence electrons. The normalized spacial score (nSPS) is 12.2. The van der Waals surface area contributed by atoms with Crippen molar-refractivity contribution in [2.75, 3.05) is 23.0 Å². The highest BCUT2D eigenvalue weighted by Gasteiger charge is 2.23. The number of nitrogens with zero attached hydrogens (tertiary/aromatic N) is 2. The van der Waals surface area contributed by atoms with Crippen molar-refractivity contribution >= 4 is 34.9 Å². The lowest BCUT2D eigenvalue weighted by Crippen LogP contribution is -2.34. The fourth-order valence-electron chi connectivity index (χ4n) is 4.64. The smallest absolute Gasteiger partial charge is 0.228 e. The number of nitrogens with one attached hydrogen (secondary N) is 1. The molecule has 0 heterocycles. The molecule has 0 spiro atoms. The number of benzene rings is 4. The first kappa shape index (κ1) is 28.2. The van der Waals surface area contributed by atoms with Gasteiger partial charge >= 0.3 is 0 Å². The molecule has 1 amide bonds. The van der Waals surface area contributed by atoms with Gasteiger partial charge in [-0.15, -0.1) is 11.8 Å². The van der Waals surface area contributed by atoms with Crippen molar-refractivity contribution in [2.24, 2.45) is 4.99 Å². The number of aliphatic imine (C=N–C) groups is 1. The first-order valence-corrected chi connectivity index (χ1v) is 14.4. The highest BCUT2D eigenvalue weighted by Crippen LogP contribution is 2.30. The first-order valence-electron chi connectivity index (χ1n) is 13.4. The minimum atomic E-state index is -0.0302. The molecule has 4 rings (SSSR count). The van der Waals surface area contributed by atoms with Gasteiger partial charge in [0.25, 0.3) is 0 Å². The molecule has 1 N–H and O–H groups in total. The molecule has 39 heavy (non-hydrogen) atoms. The standard InChI is InChI=1S/C34H37N3OS/c1-6-39-32-20-12-27(13-21-32)23-33(38)36-30-18-16-29(17-19-30)34(35-5)37(31-9-7-8-25(3)22-31)26(4)28-14-10-24(2)11-15-28/h7-22,26H,6,23H2,1-5H3,(H,36,38)/t26-/m1/s1. The van der Waals surface area contributed by atoms with Crippen LogP contribution in [0.25, 0.3) is 0 Å². The van der Waals surface area contributed by atoms with Crippen LogP contribution >= 0.6 is 11.8 Å². The Bertz CT molecular complexity index is 1410. The molecule has 0 unspecified atom stereocenters. The maximum Gasteiger partial charge on any atom is 0.228 e. The molecule has 0 aliphatic carbocycles. The summed E-state index contributed by atoms with van der Waals surface area (Å²) in [6.45, 7) is 8.56. The number of carbonyl (C=O) groups excluding carboxylic acids is 1. The van der Waals surface area contributed by atoms with E-state index < -0.39 is 0 Å². The summed E-state index contributed by atoms with van der Waals surface area (Å²) in [4.78, 5) is 21.0. The summed E-state index contributed by atoms with van der Waals surface area (Å²) < 4.78 is 0. The van der Waals surface area contributed by atoms with Gasteiger partial charge < -0.3 is 10.2 Å². The van der Waals surface area contributed by atoms with Crippen LogP contribution in [-0.2, 0) is 11.2 Å². The Balaban J connectivity index is 1.54. The summed E-state index contributed by atoms with van der Waals surface area (Å²) in [5, 5.41) is 3.04. The third-order valence-electron chi connectivity index (χ3n) is 6.69. The molecule has 4 aromatic carbocycles. The molecule has 0 bridgehead atoms. The third-order valence-corrected chi connectivity index (χ3v) is 7.59. The summed E-state index contributed by atoms with van der Waals surface area (Å²) in [6.07, 6.45) is 0.343. The van der Waals surface area contributed by atoms with Gasteiger partial charge in [0.05, 0.1) is 12.5 Å². The lowest BCUT2D eigenvalue weighted by Gasteiger charge is -2.33. The zero-order valence-electron chi connectivity index (χ0n) is 23.4. The minimum absolute atomic E-state index is 0.0302. The van der Waals surface area contributed by atoms with Crippen LogP contribution in [0, 0.1) is 13.8 Å². The second kappa shape index (κ2) is 13.3. The fourth-order valence-corrected chi connectivity index (χ4v) is 5.30. The second-order valence-electron chi connectivity index (χ2n) is 9.72. The summed E-state index contributed by atoms with van der Waals surface area (Å²) >= 11 is 1.80. The van der Waals surface area contributed by atoms with Gasteiger partial charge in [-0.2, -0.15) is 0 Å². The van der Waals surface area contributed by atoms with Crippen LogP contribution < -0.4 is 10.2 Å². The van der Waals surface area contributed by atoms with Crippen molar-refractivity contribution in [1.29, 1.82) is 0 Å². The maximum atomic E-state index is 12.7. The molecule has 1 atom stereocenters. The lowest BCUT2D eigenvalue weighted by atomic mass is 10.0. The Morgan fingerprint density at radius 3 is 2.21 bits per heavy atom. The van der Waals surface area contributed by atoms with E-state index in [-0.39, 0.29) is 11.9 Å². The summed E-state index contributed by atoms with van der Waals surface area (Å²) in [6, 6.07) is 33.4. The number of thioether (sulfide) groups is 1. The van der Waals surface area contributed by atoms with Crippen LogP contribution in [0.5, 0.6) is 0 Å². The van der Waals surface area contributed by atoms with E-state index in [4.69, 9.17) is 4.99 Å². The van der Waals surface area contributed by atoms with Crippen LogP contribution in [0.4, 0.5) is 11.4 Å². The Hall–Kier alpha value is -3.83. The number of carbonyl (C=O) groups is 1. The first-order chi connectivity index (χ1) is 18.9. The second-order valence-corrected chi connectivity index (χ2v) is 11.1. The topological polar surface area (TPSA) is 44.7 Å². The zero-order valence-corrected chi connectivity index (χ0v) is 24.3. The molecule has 4 nitrogen and oxygen atoms in total. The molecule has 0 radical (unpaired) electrons. The number of rotatable bonds is 9. The van der Waals surface area contributed by atoms with Crippen molar-refractivity contribution in [3.63, 3.8) is 0 Å². The van der Waals surface area contributed by atoms with E-state index in [0.717, 1.165) is 34.1 Å². The Morgan fingerprint density at radius 1 is 0.897 bits per heavy atom. The molecular formula is C34H37N3OS. The number of hydrogen-bond donors (Lipinski definition) is 1. The summed E-state index contributed by atoms with van der Waals surface area (Å²) in [7, 11) is 1.83. The van der Waals surface area contributed by atoms with E-state index in [2.05, 4.69) is 98.6 Å². The SMILES string of the molecule is CCSc1ccc(CC(=O)Nc2ccc(C(=NC)N(c3cccc(C)c3)[C@H](C)c3ccc(C)cc3)cc2)cc1. The number of anilines is 2. The van der Waals surface area contributed by atoms with E-state index >= 15 is 0 Å². The molecule has 0 saturated carbocycles. The van der Waals surface area contributed by atoms with Gasteiger partial charge in [0.15, 0.2) is 0 Å². The van der Waals surface area contributed by atoms with E-state index in [1.165, 1.54) is 21.6 Å². The summed E-state index contributed by atoms with van der Waals surface area (Å²) in [5.74, 6) is 1.88. The predicted octanol–water partition coefficient (Wildman–Crippen LogP) is 8.24. The maximum absolute atomic E-state index is 12.7. The minimum Gasteiger partial charge on any atom is -0.326 e. The Morgan fingerprint density at radius 2 is 1.59 bits per heavy atom. The van der Waals surface area contributed by atoms with Crippen molar-refractivity contribution in [3.8, 4) is 0 Å². The van der Waals surface area contributed by atoms with E-state index in [9.17, 15) is 4.79 Å². The third kappa shape index (κ3) is 7.39. The van der Waals surface area contributed by atoms with Gasteiger partial charge in [-0.1, -0.05) is 61.0 Å². The molecule has 5 heteroatoms. The van der Waals surface area contributed by atoms with Crippen LogP contribution in [0.3, 0.4) is 0 Å². The van der Waals surface area contributed by atoms with Gasteiger partial charge in [0.1, 0.15) is 5.84 Å². The molecule has 4 aromatic rings. The quantitative estimate of drug-likeness (QED) is 0.133. The molecule has 0 fully saturated rings.